The Morgan fingerprint density at radius 3 is 2.06 bits per heavy atom. The topological polar surface area (TPSA) is 68.7 Å². The van der Waals surface area contributed by atoms with Gasteiger partial charge in [0.05, 0.1) is 19.7 Å². The number of nitrogens with zero attached hydrogens (tertiary/aromatic N) is 1. The van der Waals surface area contributed by atoms with Gasteiger partial charge in [-0.1, -0.05) is 61.5 Å². The number of aromatic nitrogens is 1. The van der Waals surface area contributed by atoms with Gasteiger partial charge < -0.3 is 14.6 Å². The Balaban J connectivity index is 0.000000402. The van der Waals surface area contributed by atoms with E-state index >= 15 is 0 Å². The molecule has 3 rings (SSSR count). The summed E-state index contributed by atoms with van der Waals surface area (Å²) in [6.07, 6.45) is 1.33. The molecule has 1 heterocycles. The number of allylic oxidation sites excluding steroid dienone is 2. The standard InChI is InChI=1S/C19H18NO2.C11H20O2.Ir/c1-12-8-13(2)10-14(9-12)19-18(22-4)11-15-16(20-19)6-5-7-17(15)21-3;1-10(2,3)8(12)7-9(13)11(4,5)6;/h5-9,11H,1-4H3;7,12H,1-6H3;/q-1;;/b;8-7-;. The van der Waals surface area contributed by atoms with Crippen LogP contribution in [0.3, 0.4) is 0 Å². The number of aliphatic hydroxyl groups is 1. The number of hydrogen-bond donors (Lipinski definition) is 1. The molecular formula is C30H38IrNO4-. The molecule has 6 heteroatoms. The van der Waals surface area contributed by atoms with Crippen LogP contribution < -0.4 is 9.47 Å². The van der Waals surface area contributed by atoms with E-state index in [0.29, 0.717) is 0 Å². The zero-order valence-corrected chi connectivity index (χ0v) is 25.4. The second-order valence-corrected chi connectivity index (χ2v) is 10.7. The molecule has 0 amide bonds. The second kappa shape index (κ2) is 12.5. The number of carbonyl (C=O) groups is 1. The number of carbonyl (C=O) groups excluding carboxylic acids is 1. The van der Waals surface area contributed by atoms with Crippen LogP contribution in [-0.2, 0) is 24.9 Å². The van der Waals surface area contributed by atoms with E-state index < -0.39 is 5.41 Å². The summed E-state index contributed by atoms with van der Waals surface area (Å²) in [7, 11) is 3.32. The molecular weight excluding hydrogens is 631 g/mol. The van der Waals surface area contributed by atoms with Crippen LogP contribution in [-0.4, -0.2) is 30.1 Å². The molecule has 1 N–H and O–H groups in total. The zero-order valence-electron chi connectivity index (χ0n) is 23.0. The minimum atomic E-state index is -0.417. The molecule has 0 atom stereocenters. The predicted octanol–water partition coefficient (Wildman–Crippen LogP) is 7.42. The summed E-state index contributed by atoms with van der Waals surface area (Å²) in [5, 5.41) is 10.5. The van der Waals surface area contributed by atoms with Crippen LogP contribution in [0.15, 0.2) is 48.2 Å². The molecule has 197 valence electrons. The van der Waals surface area contributed by atoms with Crippen LogP contribution >= 0.6 is 0 Å². The van der Waals surface area contributed by atoms with Crippen molar-refractivity contribution in [1.82, 2.24) is 4.98 Å². The van der Waals surface area contributed by atoms with Gasteiger partial charge in [0, 0.05) is 48.1 Å². The summed E-state index contributed by atoms with van der Waals surface area (Å²) < 4.78 is 11.0. The number of fused-ring (bicyclic) bond motifs is 1. The molecule has 36 heavy (non-hydrogen) atoms. The van der Waals surface area contributed by atoms with Crippen molar-refractivity contribution in [3.63, 3.8) is 0 Å². The number of methoxy groups -OCH3 is 2. The van der Waals surface area contributed by atoms with Gasteiger partial charge in [-0.3, -0.25) is 9.78 Å². The molecule has 0 aliphatic carbocycles. The normalized spacial score (nSPS) is 11.8. The van der Waals surface area contributed by atoms with Crippen molar-refractivity contribution in [2.24, 2.45) is 10.8 Å². The molecule has 3 aromatic rings. The number of rotatable bonds is 4. The minimum Gasteiger partial charge on any atom is -0.512 e. The van der Waals surface area contributed by atoms with Gasteiger partial charge >= 0.3 is 0 Å². The third kappa shape index (κ3) is 8.18. The van der Waals surface area contributed by atoms with E-state index in [0.717, 1.165) is 39.2 Å². The van der Waals surface area contributed by atoms with Crippen LogP contribution in [0.2, 0.25) is 0 Å². The molecule has 0 bridgehead atoms. The number of aliphatic hydroxyl groups excluding tert-OH is 1. The first-order chi connectivity index (χ1) is 16.2. The molecule has 0 fully saturated rings. The zero-order chi connectivity index (χ0) is 26.6. The van der Waals surface area contributed by atoms with E-state index in [2.05, 4.69) is 25.1 Å². The van der Waals surface area contributed by atoms with Crippen molar-refractivity contribution in [3.8, 4) is 22.8 Å². The van der Waals surface area contributed by atoms with Crippen LogP contribution in [0.25, 0.3) is 22.2 Å². The average molecular weight is 669 g/mol. The van der Waals surface area contributed by atoms with E-state index in [1.54, 1.807) is 14.2 Å². The van der Waals surface area contributed by atoms with Gasteiger partial charge in [-0.2, -0.15) is 0 Å². The van der Waals surface area contributed by atoms with Gasteiger partial charge in [-0.05, 0) is 18.2 Å². The first kappa shape index (κ1) is 31.3. The van der Waals surface area contributed by atoms with E-state index in [-0.39, 0.29) is 37.1 Å². The van der Waals surface area contributed by atoms with Crippen LogP contribution in [0.4, 0.5) is 0 Å². The fraction of sp³-hybridized carbons (Fsp3) is 0.400. The Kier molecular flexibility index (Phi) is 10.9. The molecule has 0 saturated carbocycles. The molecule has 0 aliphatic rings. The maximum absolute atomic E-state index is 11.5. The summed E-state index contributed by atoms with van der Waals surface area (Å²) in [5.74, 6) is 1.62. The molecule has 1 aromatic heterocycles. The Labute approximate surface area is 229 Å². The van der Waals surface area contributed by atoms with Crippen LogP contribution in [0.5, 0.6) is 11.5 Å². The molecule has 5 nitrogen and oxygen atoms in total. The fourth-order valence-corrected chi connectivity index (χ4v) is 3.26. The number of aryl methyl sites for hydroxylation is 2. The van der Waals surface area contributed by atoms with Crippen molar-refractivity contribution in [2.75, 3.05) is 14.2 Å². The maximum Gasteiger partial charge on any atom is 0.164 e. The monoisotopic (exact) mass is 669 g/mol. The Morgan fingerprint density at radius 2 is 1.56 bits per heavy atom. The van der Waals surface area contributed by atoms with Crippen molar-refractivity contribution < 1.29 is 39.5 Å². The quantitative estimate of drug-likeness (QED) is 0.178. The van der Waals surface area contributed by atoms with Crippen LogP contribution in [0, 0.1) is 30.7 Å². The molecule has 2 aromatic carbocycles. The number of ketones is 1. The third-order valence-electron chi connectivity index (χ3n) is 5.40. The molecule has 0 aliphatic heterocycles. The van der Waals surface area contributed by atoms with Gasteiger partial charge in [0.15, 0.2) is 5.78 Å². The second-order valence-electron chi connectivity index (χ2n) is 10.7. The van der Waals surface area contributed by atoms with Crippen molar-refractivity contribution in [3.05, 3.63) is 65.4 Å². The maximum atomic E-state index is 11.5. The molecule has 0 unspecified atom stereocenters. The van der Waals surface area contributed by atoms with E-state index in [4.69, 9.17) is 14.5 Å². The Hall–Kier alpha value is -2.69. The Bertz CT molecular complexity index is 1210. The van der Waals surface area contributed by atoms with Gasteiger partial charge in [-0.15, -0.1) is 34.9 Å². The summed E-state index contributed by atoms with van der Waals surface area (Å²) in [4.78, 5) is 16.3. The molecule has 0 spiro atoms. The number of pyridine rings is 1. The molecule has 0 saturated heterocycles. The number of ether oxygens (including phenoxy) is 2. The SMILES string of the molecule is CC(C)(C)C(=O)/C=C(\O)C(C)(C)C.COc1cc2c(OC)cccc2nc1-c1[c-]c(C)cc(C)c1.[Ir]. The van der Waals surface area contributed by atoms with Gasteiger partial charge in [0.2, 0.25) is 0 Å². The first-order valence-corrected chi connectivity index (χ1v) is 11.7. The van der Waals surface area contributed by atoms with Gasteiger partial charge in [0.25, 0.3) is 0 Å². The fourth-order valence-electron chi connectivity index (χ4n) is 3.26. The Morgan fingerprint density at radius 1 is 0.944 bits per heavy atom. The van der Waals surface area contributed by atoms with Crippen LogP contribution in [0.1, 0.15) is 52.7 Å². The predicted molar refractivity (Wildman–Crippen MR) is 143 cm³/mol. The van der Waals surface area contributed by atoms with Gasteiger partial charge in [-0.25, -0.2) is 0 Å². The number of hydrogen-bond acceptors (Lipinski definition) is 5. The third-order valence-corrected chi connectivity index (χ3v) is 5.40. The number of benzene rings is 2. The largest absolute Gasteiger partial charge is 0.512 e. The van der Waals surface area contributed by atoms with E-state index in [1.165, 1.54) is 11.6 Å². The van der Waals surface area contributed by atoms with Crippen molar-refractivity contribution in [1.29, 1.82) is 0 Å². The average Bonchev–Trinajstić information content (AvgIpc) is 2.76. The summed E-state index contributed by atoms with van der Waals surface area (Å²) in [5.41, 5.74) is 4.13. The summed E-state index contributed by atoms with van der Waals surface area (Å²) in [6.45, 7) is 15.2. The van der Waals surface area contributed by atoms with E-state index in [1.807, 2.05) is 72.7 Å². The van der Waals surface area contributed by atoms with Crippen molar-refractivity contribution in [2.45, 2.75) is 55.4 Å². The summed E-state index contributed by atoms with van der Waals surface area (Å²) >= 11 is 0. The molecule has 1 radical (unpaired) electrons. The van der Waals surface area contributed by atoms with Crippen molar-refractivity contribution >= 4 is 16.7 Å². The first-order valence-electron chi connectivity index (χ1n) is 11.7. The van der Waals surface area contributed by atoms with E-state index in [9.17, 15) is 9.90 Å². The smallest absolute Gasteiger partial charge is 0.164 e. The van der Waals surface area contributed by atoms with Gasteiger partial charge in [0.1, 0.15) is 17.3 Å². The minimum absolute atomic E-state index is 0. The summed E-state index contributed by atoms with van der Waals surface area (Å²) in [6, 6.07) is 15.3.